The lowest BCUT2D eigenvalue weighted by molar-refractivity contribution is 0.0696. The number of aromatic carboxylic acids is 1. The van der Waals surface area contributed by atoms with Crippen LogP contribution in [0, 0.1) is 0 Å². The number of rotatable bonds is 7. The van der Waals surface area contributed by atoms with Crippen LogP contribution < -0.4 is 5.32 Å². The normalized spacial score (nSPS) is 10.4. The molecule has 2 N–H and O–H groups in total. The number of carboxylic acid groups (broad SMARTS) is 1. The number of hydrogen-bond acceptors (Lipinski definition) is 5. The maximum absolute atomic E-state index is 11.9. The minimum Gasteiger partial charge on any atom is -0.478 e. The molecule has 1 heterocycles. The molecule has 0 unspecified atom stereocenters. The summed E-state index contributed by atoms with van der Waals surface area (Å²) in [5.41, 5.74) is 1.25. The van der Waals surface area contributed by atoms with Crippen LogP contribution in [0.4, 0.5) is 0 Å². The number of carbonyl (C=O) groups excluding carboxylic acids is 1. The van der Waals surface area contributed by atoms with Crippen molar-refractivity contribution in [2.75, 3.05) is 13.7 Å². The molecule has 2 rings (SSSR count). The number of aromatic nitrogens is 1. The number of nitrogens with zero attached hydrogens (tertiary/aromatic N) is 1. The molecule has 0 saturated carbocycles. The van der Waals surface area contributed by atoms with E-state index in [4.69, 9.17) is 14.4 Å². The van der Waals surface area contributed by atoms with Crippen LogP contribution in [0.15, 0.2) is 34.9 Å². The second kappa shape index (κ2) is 7.37. The largest absolute Gasteiger partial charge is 0.478 e. The number of nitrogens with one attached hydrogen (secondary N) is 1. The fourth-order valence-electron chi connectivity index (χ4n) is 1.90. The first-order valence-corrected chi connectivity index (χ1v) is 6.65. The average Bonchev–Trinajstić information content (AvgIpc) is 2.96. The summed E-state index contributed by atoms with van der Waals surface area (Å²) < 4.78 is 9.81. The lowest BCUT2D eigenvalue weighted by Crippen LogP contribution is -2.26. The number of carbonyl (C=O) groups is 2. The number of ether oxygens (including phenoxy) is 1. The molecule has 0 atom stereocenters. The molecule has 0 aliphatic carbocycles. The van der Waals surface area contributed by atoms with Crippen molar-refractivity contribution in [3.63, 3.8) is 0 Å². The molecule has 7 nitrogen and oxygen atoms in total. The lowest BCUT2D eigenvalue weighted by Gasteiger charge is -2.04. The highest BCUT2D eigenvalue weighted by Gasteiger charge is 2.12. The summed E-state index contributed by atoms with van der Waals surface area (Å²) in [6.45, 7) is 0.622. The number of amides is 1. The molecular formula is C15H16N2O5. The molecule has 7 heteroatoms. The number of benzene rings is 1. The van der Waals surface area contributed by atoms with E-state index in [2.05, 4.69) is 10.5 Å². The Balaban J connectivity index is 1.86. The van der Waals surface area contributed by atoms with Gasteiger partial charge in [-0.3, -0.25) is 4.79 Å². The molecule has 1 aromatic heterocycles. The second-order valence-corrected chi connectivity index (χ2v) is 4.62. The van der Waals surface area contributed by atoms with Crippen LogP contribution in [0.25, 0.3) is 0 Å². The topological polar surface area (TPSA) is 102 Å². The van der Waals surface area contributed by atoms with Gasteiger partial charge >= 0.3 is 5.97 Å². The third-order valence-corrected chi connectivity index (χ3v) is 2.95. The van der Waals surface area contributed by atoms with Gasteiger partial charge in [0.15, 0.2) is 11.5 Å². The van der Waals surface area contributed by atoms with Gasteiger partial charge in [-0.2, -0.15) is 0 Å². The van der Waals surface area contributed by atoms with Crippen molar-refractivity contribution in [2.45, 2.75) is 13.0 Å². The average molecular weight is 304 g/mol. The second-order valence-electron chi connectivity index (χ2n) is 4.62. The van der Waals surface area contributed by atoms with E-state index in [1.165, 1.54) is 19.2 Å². The van der Waals surface area contributed by atoms with Crippen LogP contribution in [0.3, 0.4) is 0 Å². The Hall–Kier alpha value is -2.67. The molecule has 0 spiro atoms. The third-order valence-electron chi connectivity index (χ3n) is 2.95. The molecule has 0 saturated heterocycles. The van der Waals surface area contributed by atoms with Crippen molar-refractivity contribution in [3.8, 4) is 0 Å². The smallest absolute Gasteiger partial charge is 0.335 e. The van der Waals surface area contributed by atoms with Gasteiger partial charge in [0, 0.05) is 19.7 Å². The Morgan fingerprint density at radius 3 is 2.91 bits per heavy atom. The Morgan fingerprint density at radius 1 is 1.36 bits per heavy atom. The summed E-state index contributed by atoms with van der Waals surface area (Å²) in [5.74, 6) is -0.846. The highest BCUT2D eigenvalue weighted by molar-refractivity contribution is 5.92. The Kier molecular flexibility index (Phi) is 5.26. The zero-order chi connectivity index (χ0) is 15.9. The minimum atomic E-state index is -0.973. The van der Waals surface area contributed by atoms with E-state index in [9.17, 15) is 9.59 Å². The van der Waals surface area contributed by atoms with E-state index < -0.39 is 5.97 Å². The van der Waals surface area contributed by atoms with Gasteiger partial charge in [0.05, 0.1) is 5.56 Å². The summed E-state index contributed by atoms with van der Waals surface area (Å²) >= 11 is 0. The minimum absolute atomic E-state index is 0.186. The standard InChI is InChI=1S/C15H16N2O5/c1-21-9-12-8-13(17-22-12)14(18)16-6-5-10-3-2-4-11(7-10)15(19)20/h2-4,7-8H,5-6,9H2,1H3,(H,16,18)(H,19,20). The molecule has 1 amide bonds. The fourth-order valence-corrected chi connectivity index (χ4v) is 1.90. The van der Waals surface area contributed by atoms with Crippen molar-refractivity contribution in [1.82, 2.24) is 10.5 Å². The van der Waals surface area contributed by atoms with Crippen LogP contribution in [-0.2, 0) is 17.8 Å². The molecule has 0 fully saturated rings. The van der Waals surface area contributed by atoms with Gasteiger partial charge in [0.2, 0.25) is 0 Å². The van der Waals surface area contributed by atoms with Gasteiger partial charge in [-0.1, -0.05) is 17.3 Å². The summed E-state index contributed by atoms with van der Waals surface area (Å²) in [6.07, 6.45) is 0.523. The van der Waals surface area contributed by atoms with Crippen LogP contribution in [-0.4, -0.2) is 35.8 Å². The fraction of sp³-hybridized carbons (Fsp3) is 0.267. The first-order chi connectivity index (χ1) is 10.6. The maximum atomic E-state index is 11.9. The van der Waals surface area contributed by atoms with E-state index in [1.807, 2.05) is 6.07 Å². The number of carboxylic acids is 1. The van der Waals surface area contributed by atoms with Crippen LogP contribution in [0.2, 0.25) is 0 Å². The molecule has 1 aromatic carbocycles. The van der Waals surface area contributed by atoms with Crippen LogP contribution in [0.1, 0.15) is 32.2 Å². The molecular weight excluding hydrogens is 288 g/mol. The van der Waals surface area contributed by atoms with Gasteiger partial charge in [-0.25, -0.2) is 4.79 Å². The van der Waals surface area contributed by atoms with E-state index in [-0.39, 0.29) is 23.8 Å². The van der Waals surface area contributed by atoms with Crippen molar-refractivity contribution >= 4 is 11.9 Å². The first-order valence-electron chi connectivity index (χ1n) is 6.65. The molecule has 22 heavy (non-hydrogen) atoms. The summed E-state index contributed by atoms with van der Waals surface area (Å²) in [5, 5.41) is 15.3. The van der Waals surface area contributed by atoms with Gasteiger partial charge in [-0.15, -0.1) is 0 Å². The predicted octanol–water partition coefficient (Wildman–Crippen LogP) is 1.49. The summed E-state index contributed by atoms with van der Waals surface area (Å²) in [7, 11) is 1.52. The van der Waals surface area contributed by atoms with Gasteiger partial charge in [0.25, 0.3) is 5.91 Å². The van der Waals surface area contributed by atoms with Gasteiger partial charge < -0.3 is 19.7 Å². The zero-order valence-electron chi connectivity index (χ0n) is 12.0. The van der Waals surface area contributed by atoms with E-state index in [1.54, 1.807) is 12.1 Å². The SMILES string of the molecule is COCc1cc(C(=O)NCCc2cccc(C(=O)O)c2)no1. The van der Waals surface area contributed by atoms with Crippen molar-refractivity contribution in [1.29, 1.82) is 0 Å². The van der Waals surface area contributed by atoms with Gasteiger partial charge in [0.1, 0.15) is 6.61 Å². The first kappa shape index (κ1) is 15.7. The number of hydrogen-bond donors (Lipinski definition) is 2. The number of methoxy groups -OCH3 is 1. The monoisotopic (exact) mass is 304 g/mol. The molecule has 0 bridgehead atoms. The predicted molar refractivity (Wildman–Crippen MR) is 76.7 cm³/mol. The Morgan fingerprint density at radius 2 is 2.18 bits per heavy atom. The van der Waals surface area contributed by atoms with Crippen molar-refractivity contribution < 1.29 is 24.0 Å². The Labute approximate surface area is 126 Å². The zero-order valence-corrected chi connectivity index (χ0v) is 12.0. The Bertz CT molecular complexity index is 665. The van der Waals surface area contributed by atoms with Gasteiger partial charge in [-0.05, 0) is 24.1 Å². The molecule has 0 aliphatic heterocycles. The van der Waals surface area contributed by atoms with Crippen molar-refractivity contribution in [3.05, 3.63) is 52.9 Å². The van der Waals surface area contributed by atoms with E-state index in [0.29, 0.717) is 18.7 Å². The highest BCUT2D eigenvalue weighted by Crippen LogP contribution is 2.07. The maximum Gasteiger partial charge on any atom is 0.335 e. The molecule has 0 aliphatic rings. The summed E-state index contributed by atoms with van der Waals surface area (Å²) in [4.78, 5) is 22.7. The van der Waals surface area contributed by atoms with Crippen LogP contribution in [0.5, 0.6) is 0 Å². The molecule has 116 valence electrons. The lowest BCUT2D eigenvalue weighted by atomic mass is 10.1. The van der Waals surface area contributed by atoms with E-state index in [0.717, 1.165) is 5.56 Å². The quantitative estimate of drug-likeness (QED) is 0.803. The summed E-state index contributed by atoms with van der Waals surface area (Å²) in [6, 6.07) is 8.11. The van der Waals surface area contributed by atoms with Crippen LogP contribution >= 0.6 is 0 Å². The van der Waals surface area contributed by atoms with Crippen molar-refractivity contribution in [2.24, 2.45) is 0 Å². The third kappa shape index (κ3) is 4.16. The van der Waals surface area contributed by atoms with E-state index >= 15 is 0 Å². The molecule has 2 aromatic rings. The highest BCUT2D eigenvalue weighted by atomic mass is 16.5. The molecule has 0 radical (unpaired) electrons.